The zero-order valence-electron chi connectivity index (χ0n) is 14.3. The summed E-state index contributed by atoms with van der Waals surface area (Å²) in [5.74, 6) is -0.0607. The molecule has 134 valence electrons. The molecule has 25 heavy (non-hydrogen) atoms. The van der Waals surface area contributed by atoms with Gasteiger partial charge < -0.3 is 14.9 Å². The fourth-order valence-corrected chi connectivity index (χ4v) is 2.50. The predicted molar refractivity (Wildman–Crippen MR) is 92.1 cm³/mol. The first-order valence-corrected chi connectivity index (χ1v) is 8.47. The van der Waals surface area contributed by atoms with Crippen molar-refractivity contribution in [2.75, 3.05) is 6.54 Å². The van der Waals surface area contributed by atoms with Gasteiger partial charge in [-0.15, -0.1) is 0 Å². The Bertz CT molecular complexity index is 712. The van der Waals surface area contributed by atoms with Crippen molar-refractivity contribution in [3.63, 3.8) is 0 Å². The van der Waals surface area contributed by atoms with E-state index in [0.29, 0.717) is 35.8 Å². The topological polar surface area (TPSA) is 105 Å². The third-order valence-corrected chi connectivity index (χ3v) is 3.78. The standard InChI is InChI=1S/C18H23N3O4/c1-13-20-18(25-21-13)15-10-7-6-9-14(15)17(24)19-12-8-4-2-3-5-11-16(22)23/h6-7,9-10H,2-5,8,11-12H2,1H3,(H,19,24)(H,22,23). The van der Waals surface area contributed by atoms with Gasteiger partial charge in [0.2, 0.25) is 0 Å². The van der Waals surface area contributed by atoms with E-state index in [-0.39, 0.29) is 12.3 Å². The number of benzene rings is 1. The second kappa shape index (κ2) is 9.56. The molecule has 0 aliphatic heterocycles. The van der Waals surface area contributed by atoms with Crippen LogP contribution in [-0.2, 0) is 4.79 Å². The van der Waals surface area contributed by atoms with Crippen LogP contribution in [0.1, 0.15) is 54.7 Å². The van der Waals surface area contributed by atoms with E-state index in [9.17, 15) is 9.59 Å². The van der Waals surface area contributed by atoms with Crippen LogP contribution in [0, 0.1) is 6.92 Å². The number of aliphatic carboxylic acids is 1. The van der Waals surface area contributed by atoms with Crippen molar-refractivity contribution in [3.05, 3.63) is 35.7 Å². The molecule has 0 radical (unpaired) electrons. The van der Waals surface area contributed by atoms with Gasteiger partial charge in [-0.05, 0) is 31.9 Å². The largest absolute Gasteiger partial charge is 0.481 e. The van der Waals surface area contributed by atoms with Crippen LogP contribution in [0.4, 0.5) is 0 Å². The molecule has 2 rings (SSSR count). The Balaban J connectivity index is 1.77. The van der Waals surface area contributed by atoms with Crippen molar-refractivity contribution < 1.29 is 19.2 Å². The van der Waals surface area contributed by atoms with E-state index in [0.717, 1.165) is 25.7 Å². The summed E-state index contributed by atoms with van der Waals surface area (Å²) >= 11 is 0. The molecule has 0 atom stereocenters. The molecule has 1 aromatic carbocycles. The average molecular weight is 345 g/mol. The number of hydrogen-bond acceptors (Lipinski definition) is 5. The van der Waals surface area contributed by atoms with E-state index in [1.807, 2.05) is 6.07 Å². The highest BCUT2D eigenvalue weighted by Gasteiger charge is 2.16. The minimum Gasteiger partial charge on any atom is -0.481 e. The zero-order chi connectivity index (χ0) is 18.1. The molecule has 2 N–H and O–H groups in total. The number of rotatable bonds is 10. The molecular formula is C18H23N3O4. The lowest BCUT2D eigenvalue weighted by atomic mass is 10.1. The molecule has 1 aromatic heterocycles. The van der Waals surface area contributed by atoms with Gasteiger partial charge in [-0.25, -0.2) is 0 Å². The van der Waals surface area contributed by atoms with E-state index in [4.69, 9.17) is 9.63 Å². The SMILES string of the molecule is Cc1noc(-c2ccccc2C(=O)NCCCCCCCC(=O)O)n1. The second-order valence-corrected chi connectivity index (χ2v) is 5.86. The maximum absolute atomic E-state index is 12.4. The van der Waals surface area contributed by atoms with Gasteiger partial charge >= 0.3 is 5.97 Å². The summed E-state index contributed by atoms with van der Waals surface area (Å²) in [5, 5.41) is 15.2. The average Bonchev–Trinajstić information content (AvgIpc) is 3.03. The van der Waals surface area contributed by atoms with Gasteiger partial charge in [0, 0.05) is 13.0 Å². The molecule has 0 bridgehead atoms. The van der Waals surface area contributed by atoms with E-state index in [1.54, 1.807) is 25.1 Å². The monoisotopic (exact) mass is 345 g/mol. The fourth-order valence-electron chi connectivity index (χ4n) is 2.50. The number of aryl methyl sites for hydroxylation is 1. The number of hydrogen-bond donors (Lipinski definition) is 2. The molecule has 2 aromatic rings. The van der Waals surface area contributed by atoms with Crippen LogP contribution >= 0.6 is 0 Å². The molecule has 1 heterocycles. The number of nitrogens with one attached hydrogen (secondary N) is 1. The minimum atomic E-state index is -0.748. The maximum atomic E-state index is 12.4. The van der Waals surface area contributed by atoms with Gasteiger partial charge in [0.15, 0.2) is 5.82 Å². The molecule has 0 fully saturated rings. The first kappa shape index (κ1) is 18.6. The van der Waals surface area contributed by atoms with Crippen LogP contribution in [0.5, 0.6) is 0 Å². The van der Waals surface area contributed by atoms with E-state index >= 15 is 0 Å². The number of carboxylic acids is 1. The highest BCUT2D eigenvalue weighted by molar-refractivity contribution is 5.99. The lowest BCUT2D eigenvalue weighted by Crippen LogP contribution is -2.25. The van der Waals surface area contributed by atoms with Crippen LogP contribution in [0.2, 0.25) is 0 Å². The molecule has 1 amide bonds. The number of carbonyl (C=O) groups is 2. The highest BCUT2D eigenvalue weighted by Crippen LogP contribution is 2.21. The van der Waals surface area contributed by atoms with Gasteiger partial charge in [-0.3, -0.25) is 9.59 Å². The Morgan fingerprint density at radius 1 is 1.12 bits per heavy atom. The molecule has 0 spiro atoms. The normalized spacial score (nSPS) is 10.6. The van der Waals surface area contributed by atoms with Crippen LogP contribution in [0.15, 0.2) is 28.8 Å². The summed E-state index contributed by atoms with van der Waals surface area (Å²) in [7, 11) is 0. The van der Waals surface area contributed by atoms with E-state index < -0.39 is 5.97 Å². The van der Waals surface area contributed by atoms with Gasteiger partial charge in [0.05, 0.1) is 11.1 Å². The Hall–Kier alpha value is -2.70. The van der Waals surface area contributed by atoms with Gasteiger partial charge in [-0.1, -0.05) is 36.6 Å². The summed E-state index contributed by atoms with van der Waals surface area (Å²) in [6.45, 7) is 2.31. The van der Waals surface area contributed by atoms with Crippen LogP contribution in [-0.4, -0.2) is 33.7 Å². The zero-order valence-corrected chi connectivity index (χ0v) is 14.3. The Morgan fingerprint density at radius 2 is 1.84 bits per heavy atom. The quantitative estimate of drug-likeness (QED) is 0.641. The first-order chi connectivity index (χ1) is 12.1. The van der Waals surface area contributed by atoms with Crippen molar-refractivity contribution in [3.8, 4) is 11.5 Å². The van der Waals surface area contributed by atoms with Crippen LogP contribution in [0.3, 0.4) is 0 Å². The van der Waals surface area contributed by atoms with Gasteiger partial charge in [-0.2, -0.15) is 4.98 Å². The second-order valence-electron chi connectivity index (χ2n) is 5.86. The van der Waals surface area contributed by atoms with Crippen molar-refractivity contribution >= 4 is 11.9 Å². The fraction of sp³-hybridized carbons (Fsp3) is 0.444. The number of unbranched alkanes of at least 4 members (excludes halogenated alkanes) is 4. The van der Waals surface area contributed by atoms with E-state index in [1.165, 1.54) is 0 Å². The summed E-state index contributed by atoms with van der Waals surface area (Å²) in [5.41, 5.74) is 1.13. The van der Waals surface area contributed by atoms with Crippen LogP contribution in [0.25, 0.3) is 11.5 Å². The Kier molecular flexibility index (Phi) is 7.13. The molecule has 0 aliphatic rings. The number of carbonyl (C=O) groups excluding carboxylic acids is 1. The molecule has 0 aliphatic carbocycles. The Morgan fingerprint density at radius 3 is 2.56 bits per heavy atom. The number of aromatic nitrogens is 2. The third-order valence-electron chi connectivity index (χ3n) is 3.78. The third kappa shape index (κ3) is 6.02. The van der Waals surface area contributed by atoms with Gasteiger partial charge in [0.25, 0.3) is 11.8 Å². The lowest BCUT2D eigenvalue weighted by Gasteiger charge is -2.08. The maximum Gasteiger partial charge on any atom is 0.303 e. The summed E-state index contributed by atoms with van der Waals surface area (Å²) < 4.78 is 5.16. The van der Waals surface area contributed by atoms with Crippen molar-refractivity contribution in [1.82, 2.24) is 15.5 Å². The minimum absolute atomic E-state index is 0.169. The number of nitrogens with zero attached hydrogens (tertiary/aromatic N) is 2. The summed E-state index contributed by atoms with van der Waals surface area (Å²) in [6, 6.07) is 7.13. The first-order valence-electron chi connectivity index (χ1n) is 8.47. The predicted octanol–water partition coefficient (Wildman–Crippen LogP) is 3.20. The smallest absolute Gasteiger partial charge is 0.303 e. The van der Waals surface area contributed by atoms with E-state index in [2.05, 4.69) is 15.5 Å². The molecule has 7 heteroatoms. The molecule has 0 saturated heterocycles. The summed E-state index contributed by atoms with van der Waals surface area (Å²) in [6.07, 6.45) is 4.63. The van der Waals surface area contributed by atoms with Crippen molar-refractivity contribution in [2.45, 2.75) is 45.4 Å². The molecule has 0 unspecified atom stereocenters. The van der Waals surface area contributed by atoms with Crippen LogP contribution < -0.4 is 5.32 Å². The molecule has 7 nitrogen and oxygen atoms in total. The van der Waals surface area contributed by atoms with Crippen molar-refractivity contribution in [2.24, 2.45) is 0 Å². The molecular weight excluding hydrogens is 322 g/mol. The highest BCUT2D eigenvalue weighted by atomic mass is 16.5. The number of carboxylic acid groups (broad SMARTS) is 1. The Labute approximate surface area is 146 Å². The lowest BCUT2D eigenvalue weighted by molar-refractivity contribution is -0.137. The van der Waals surface area contributed by atoms with Crippen molar-refractivity contribution in [1.29, 1.82) is 0 Å². The number of amides is 1. The van der Waals surface area contributed by atoms with Gasteiger partial charge in [0.1, 0.15) is 0 Å². The molecule has 0 saturated carbocycles. The summed E-state index contributed by atoms with van der Waals surface area (Å²) in [4.78, 5) is 27.0.